The van der Waals surface area contributed by atoms with Gasteiger partial charge in [0.2, 0.25) is 5.91 Å². The molecule has 1 atom stereocenters. The van der Waals surface area contributed by atoms with Crippen LogP contribution in [-0.4, -0.2) is 36.2 Å². The number of aliphatic hydroxyl groups is 1. The van der Waals surface area contributed by atoms with Crippen LogP contribution in [0.25, 0.3) is 0 Å². The van der Waals surface area contributed by atoms with Crippen molar-refractivity contribution in [1.29, 1.82) is 0 Å². The van der Waals surface area contributed by atoms with Crippen LogP contribution in [0.2, 0.25) is 0 Å². The first-order chi connectivity index (χ1) is 5.56. The molecule has 6 nitrogen and oxygen atoms in total. The van der Waals surface area contributed by atoms with Gasteiger partial charge < -0.3 is 16.2 Å². The van der Waals surface area contributed by atoms with E-state index in [0.717, 1.165) is 0 Å². The van der Waals surface area contributed by atoms with Gasteiger partial charge >= 0.3 is 6.03 Å². The van der Waals surface area contributed by atoms with E-state index in [1.165, 1.54) is 0 Å². The largest absolute Gasteiger partial charge is 0.395 e. The first-order valence-electron chi connectivity index (χ1n) is 3.49. The highest BCUT2D eigenvalue weighted by Gasteiger charge is 2.05. The fraction of sp³-hybridized carbons (Fsp3) is 0.667. The topological polar surface area (TPSA) is 104 Å². The number of amides is 3. The number of nitrogens with one attached hydrogen (secondary N) is 2. The quantitative estimate of drug-likeness (QED) is 0.402. The zero-order valence-electron chi connectivity index (χ0n) is 6.83. The third-order valence-electron chi connectivity index (χ3n) is 1.15. The molecule has 12 heavy (non-hydrogen) atoms. The summed E-state index contributed by atoms with van der Waals surface area (Å²) in [5, 5.41) is 13.1. The van der Waals surface area contributed by atoms with E-state index >= 15 is 0 Å². The van der Waals surface area contributed by atoms with Crippen molar-refractivity contribution in [3.05, 3.63) is 0 Å². The number of imide groups is 1. The summed E-state index contributed by atoms with van der Waals surface area (Å²) in [6, 6.07) is -1.05. The standard InChI is InChI=1S/C6H13N3O3/c1-4(3-10)8-2-5(11)9-6(7)12/h4,8,10H,2-3H2,1H3,(H3,7,9,11,12). The van der Waals surface area contributed by atoms with Gasteiger partial charge in [-0.15, -0.1) is 0 Å². The fourth-order valence-corrected chi connectivity index (χ4v) is 0.513. The summed E-state index contributed by atoms with van der Waals surface area (Å²) in [6.45, 7) is 1.60. The first-order valence-corrected chi connectivity index (χ1v) is 3.49. The Kier molecular flexibility index (Phi) is 4.98. The molecular weight excluding hydrogens is 162 g/mol. The number of carbonyl (C=O) groups excluding carboxylic acids is 2. The molecule has 0 saturated heterocycles. The number of rotatable bonds is 4. The van der Waals surface area contributed by atoms with Crippen LogP contribution in [0.1, 0.15) is 6.92 Å². The van der Waals surface area contributed by atoms with E-state index < -0.39 is 11.9 Å². The molecular formula is C6H13N3O3. The van der Waals surface area contributed by atoms with Gasteiger partial charge in [0.25, 0.3) is 0 Å². The maximum absolute atomic E-state index is 10.7. The Hall–Kier alpha value is -1.14. The van der Waals surface area contributed by atoms with Crippen molar-refractivity contribution in [2.45, 2.75) is 13.0 Å². The van der Waals surface area contributed by atoms with Crippen molar-refractivity contribution in [2.75, 3.05) is 13.2 Å². The predicted molar refractivity (Wildman–Crippen MR) is 42.3 cm³/mol. The second-order valence-electron chi connectivity index (χ2n) is 2.38. The molecule has 0 fully saturated rings. The number of primary amides is 1. The molecule has 0 heterocycles. The van der Waals surface area contributed by atoms with E-state index in [-0.39, 0.29) is 19.2 Å². The SMILES string of the molecule is CC(CO)NCC(=O)NC(N)=O. The lowest BCUT2D eigenvalue weighted by atomic mass is 10.3. The van der Waals surface area contributed by atoms with E-state index in [1.54, 1.807) is 6.92 Å². The number of nitrogens with two attached hydrogens (primary N) is 1. The van der Waals surface area contributed by atoms with Crippen molar-refractivity contribution < 1.29 is 14.7 Å². The molecule has 0 aliphatic rings. The summed E-state index contributed by atoms with van der Waals surface area (Å²) < 4.78 is 0. The van der Waals surface area contributed by atoms with E-state index in [9.17, 15) is 9.59 Å². The van der Waals surface area contributed by atoms with E-state index in [1.807, 2.05) is 5.32 Å². The van der Waals surface area contributed by atoms with Crippen LogP contribution in [-0.2, 0) is 4.79 Å². The van der Waals surface area contributed by atoms with Crippen LogP contribution >= 0.6 is 0 Å². The number of carbonyl (C=O) groups is 2. The maximum atomic E-state index is 10.7. The molecule has 5 N–H and O–H groups in total. The zero-order valence-corrected chi connectivity index (χ0v) is 6.83. The van der Waals surface area contributed by atoms with Gasteiger partial charge in [-0.05, 0) is 6.92 Å². The van der Waals surface area contributed by atoms with E-state index in [2.05, 4.69) is 11.1 Å². The molecule has 0 aromatic heterocycles. The van der Waals surface area contributed by atoms with Gasteiger partial charge in [-0.25, -0.2) is 4.79 Å². The number of hydrogen-bond acceptors (Lipinski definition) is 4. The monoisotopic (exact) mass is 175 g/mol. The molecule has 0 bridgehead atoms. The van der Waals surface area contributed by atoms with Crippen molar-refractivity contribution in [1.82, 2.24) is 10.6 Å². The fourth-order valence-electron chi connectivity index (χ4n) is 0.513. The smallest absolute Gasteiger partial charge is 0.318 e. The van der Waals surface area contributed by atoms with Crippen LogP contribution in [0.5, 0.6) is 0 Å². The van der Waals surface area contributed by atoms with Crippen LogP contribution in [0.15, 0.2) is 0 Å². The van der Waals surface area contributed by atoms with Crippen molar-refractivity contribution >= 4 is 11.9 Å². The summed E-state index contributed by atoms with van der Waals surface area (Å²) >= 11 is 0. The molecule has 0 aromatic rings. The maximum Gasteiger partial charge on any atom is 0.318 e. The molecule has 0 aliphatic heterocycles. The Bertz CT molecular complexity index is 171. The molecule has 3 amide bonds. The van der Waals surface area contributed by atoms with Gasteiger partial charge in [0.1, 0.15) is 0 Å². The Morgan fingerprint density at radius 3 is 2.58 bits per heavy atom. The van der Waals surface area contributed by atoms with Gasteiger partial charge in [0.05, 0.1) is 13.2 Å². The molecule has 1 unspecified atom stereocenters. The molecule has 6 heteroatoms. The average molecular weight is 175 g/mol. The summed E-state index contributed by atoms with van der Waals surface area (Å²) in [5.74, 6) is -0.511. The van der Waals surface area contributed by atoms with Crippen molar-refractivity contribution in [2.24, 2.45) is 5.73 Å². The van der Waals surface area contributed by atoms with E-state index in [0.29, 0.717) is 0 Å². The lowest BCUT2D eigenvalue weighted by Gasteiger charge is -2.08. The Morgan fingerprint density at radius 2 is 2.17 bits per heavy atom. The van der Waals surface area contributed by atoms with Gasteiger partial charge in [0, 0.05) is 6.04 Å². The molecule has 0 radical (unpaired) electrons. The highest BCUT2D eigenvalue weighted by Crippen LogP contribution is 1.75. The van der Waals surface area contributed by atoms with Crippen LogP contribution in [0, 0.1) is 0 Å². The van der Waals surface area contributed by atoms with Crippen molar-refractivity contribution in [3.63, 3.8) is 0 Å². The Balaban J connectivity index is 3.50. The molecule has 0 aromatic carbocycles. The van der Waals surface area contributed by atoms with Crippen LogP contribution in [0.3, 0.4) is 0 Å². The Labute approximate surface area is 70.1 Å². The van der Waals surface area contributed by atoms with E-state index in [4.69, 9.17) is 5.11 Å². The molecule has 0 aliphatic carbocycles. The Morgan fingerprint density at radius 1 is 1.58 bits per heavy atom. The predicted octanol–water partition coefficient (Wildman–Crippen LogP) is -1.85. The summed E-state index contributed by atoms with van der Waals surface area (Å²) in [7, 11) is 0. The van der Waals surface area contributed by atoms with Gasteiger partial charge in [-0.2, -0.15) is 0 Å². The molecule has 0 spiro atoms. The highest BCUT2D eigenvalue weighted by molar-refractivity contribution is 5.94. The van der Waals surface area contributed by atoms with Gasteiger partial charge in [-0.3, -0.25) is 10.1 Å². The lowest BCUT2D eigenvalue weighted by molar-refractivity contribution is -0.119. The normalized spacial score (nSPS) is 12.2. The van der Waals surface area contributed by atoms with Gasteiger partial charge in [0.15, 0.2) is 0 Å². The number of urea groups is 1. The van der Waals surface area contributed by atoms with Crippen LogP contribution < -0.4 is 16.4 Å². The zero-order chi connectivity index (χ0) is 9.56. The average Bonchev–Trinajstić information content (AvgIpc) is 1.99. The second-order valence-corrected chi connectivity index (χ2v) is 2.38. The molecule has 0 saturated carbocycles. The number of aliphatic hydroxyl groups excluding tert-OH is 1. The minimum absolute atomic E-state index is 0.0370. The number of hydrogen-bond donors (Lipinski definition) is 4. The summed E-state index contributed by atoms with van der Waals surface area (Å²) in [4.78, 5) is 20.9. The summed E-state index contributed by atoms with van der Waals surface area (Å²) in [5.41, 5.74) is 4.68. The molecule has 0 rings (SSSR count). The second kappa shape index (κ2) is 5.50. The van der Waals surface area contributed by atoms with Crippen LogP contribution in [0.4, 0.5) is 4.79 Å². The third kappa shape index (κ3) is 5.63. The highest BCUT2D eigenvalue weighted by atomic mass is 16.3. The minimum Gasteiger partial charge on any atom is -0.395 e. The summed E-state index contributed by atoms with van der Waals surface area (Å²) in [6.07, 6.45) is 0. The van der Waals surface area contributed by atoms with Crippen molar-refractivity contribution in [3.8, 4) is 0 Å². The lowest BCUT2D eigenvalue weighted by Crippen LogP contribution is -2.43. The van der Waals surface area contributed by atoms with Gasteiger partial charge in [-0.1, -0.05) is 0 Å². The molecule has 70 valence electrons. The minimum atomic E-state index is -0.876. The first kappa shape index (κ1) is 10.9. The third-order valence-corrected chi connectivity index (χ3v) is 1.15.